The van der Waals surface area contributed by atoms with Gasteiger partial charge in [-0.05, 0) is 0 Å². The zero-order valence-corrected chi connectivity index (χ0v) is 9.57. The zero-order chi connectivity index (χ0) is 12.7. The summed E-state index contributed by atoms with van der Waals surface area (Å²) in [5.74, 6) is -1.09. The first-order valence-corrected chi connectivity index (χ1v) is 5.66. The maximum atomic E-state index is 11.8. The molecule has 0 fully saturated rings. The highest BCUT2D eigenvalue weighted by atomic mass is 32.2. The van der Waals surface area contributed by atoms with E-state index in [0.717, 1.165) is 11.8 Å². The third kappa shape index (κ3) is 5.59. The Labute approximate surface area is 100.0 Å². The van der Waals surface area contributed by atoms with Gasteiger partial charge in [-0.25, -0.2) is 8.78 Å². The van der Waals surface area contributed by atoms with Gasteiger partial charge in [0.15, 0.2) is 5.16 Å². The molecule has 17 heavy (non-hydrogen) atoms. The molecule has 0 amide bonds. The third-order valence-corrected chi connectivity index (χ3v) is 2.59. The van der Waals surface area contributed by atoms with E-state index >= 15 is 0 Å². The highest BCUT2D eigenvalue weighted by Crippen LogP contribution is 2.13. The van der Waals surface area contributed by atoms with E-state index in [4.69, 9.17) is 9.84 Å². The minimum absolute atomic E-state index is 0.100. The zero-order valence-electron chi connectivity index (χ0n) is 8.75. The summed E-state index contributed by atoms with van der Waals surface area (Å²) in [5, 5.41) is 16.2. The fraction of sp³-hybridized carbons (Fsp3) is 0.625. The second-order valence-electron chi connectivity index (χ2n) is 2.96. The molecule has 0 radical (unpaired) electrons. The number of halogens is 2. The Balaban J connectivity index is 2.32. The minimum Gasteiger partial charge on any atom is -0.481 e. The van der Waals surface area contributed by atoms with Crippen molar-refractivity contribution in [1.29, 1.82) is 0 Å². The van der Waals surface area contributed by atoms with Crippen LogP contribution < -0.4 is 0 Å². The molecule has 0 saturated heterocycles. The fourth-order valence-electron chi connectivity index (χ4n) is 0.971. The first-order chi connectivity index (χ1) is 8.09. The monoisotopic (exact) mass is 267 g/mol. The number of aliphatic carboxylic acids is 1. The van der Waals surface area contributed by atoms with Gasteiger partial charge in [-0.2, -0.15) is 0 Å². The summed E-state index contributed by atoms with van der Waals surface area (Å²) in [5.41, 5.74) is 0. The highest BCUT2D eigenvalue weighted by molar-refractivity contribution is 7.99. The maximum absolute atomic E-state index is 11.8. The quantitative estimate of drug-likeness (QED) is 0.553. The van der Waals surface area contributed by atoms with Gasteiger partial charge in [0, 0.05) is 6.54 Å². The predicted molar refractivity (Wildman–Crippen MR) is 55.2 cm³/mol. The number of rotatable bonds is 8. The Morgan fingerprint density at radius 3 is 3.06 bits per heavy atom. The molecule has 0 atom stereocenters. The Morgan fingerprint density at radius 2 is 2.41 bits per heavy atom. The number of alkyl halides is 2. The smallest absolute Gasteiger partial charge is 0.313 e. The van der Waals surface area contributed by atoms with E-state index < -0.39 is 19.0 Å². The van der Waals surface area contributed by atoms with E-state index in [0.29, 0.717) is 11.7 Å². The molecule has 9 heteroatoms. The van der Waals surface area contributed by atoms with Crippen LogP contribution in [0.5, 0.6) is 0 Å². The van der Waals surface area contributed by atoms with Gasteiger partial charge in [0.25, 0.3) is 6.43 Å². The lowest BCUT2D eigenvalue weighted by Crippen LogP contribution is -2.11. The number of ether oxygens (including phenoxy) is 1. The molecule has 0 spiro atoms. The Kier molecular flexibility index (Phi) is 5.84. The molecule has 0 aliphatic heterocycles. The molecule has 0 unspecified atom stereocenters. The van der Waals surface area contributed by atoms with Crippen molar-refractivity contribution in [2.24, 2.45) is 0 Å². The van der Waals surface area contributed by atoms with E-state index in [1.54, 1.807) is 4.57 Å². The normalized spacial score (nSPS) is 11.0. The number of hydrogen-bond donors (Lipinski definition) is 1. The van der Waals surface area contributed by atoms with Crippen molar-refractivity contribution in [1.82, 2.24) is 14.8 Å². The van der Waals surface area contributed by atoms with Crippen LogP contribution >= 0.6 is 11.8 Å². The van der Waals surface area contributed by atoms with Crippen LogP contribution in [0.3, 0.4) is 0 Å². The van der Waals surface area contributed by atoms with Crippen molar-refractivity contribution >= 4 is 17.7 Å². The maximum Gasteiger partial charge on any atom is 0.313 e. The average Bonchev–Trinajstić information content (AvgIpc) is 2.68. The summed E-state index contributed by atoms with van der Waals surface area (Å²) in [7, 11) is 0. The van der Waals surface area contributed by atoms with Gasteiger partial charge >= 0.3 is 5.97 Å². The molecule has 1 N–H and O–H groups in total. The van der Waals surface area contributed by atoms with E-state index in [2.05, 4.69) is 10.2 Å². The van der Waals surface area contributed by atoms with Crippen molar-refractivity contribution in [2.45, 2.75) is 18.1 Å². The molecular weight excluding hydrogens is 256 g/mol. The summed E-state index contributed by atoms with van der Waals surface area (Å²) in [4.78, 5) is 10.4. The van der Waals surface area contributed by atoms with Crippen LogP contribution in [0.1, 0.15) is 0 Å². The topological polar surface area (TPSA) is 77.2 Å². The van der Waals surface area contributed by atoms with Gasteiger partial charge in [0.05, 0.1) is 12.4 Å². The average molecular weight is 267 g/mol. The van der Waals surface area contributed by atoms with E-state index in [-0.39, 0.29) is 12.4 Å². The number of hydrogen-bond acceptors (Lipinski definition) is 5. The standard InChI is InChI=1S/C8H11F2N3O3S/c9-6(10)3-16-2-1-13-5-11-12-8(13)17-4-7(14)15/h5-6H,1-4H2,(H,14,15). The van der Waals surface area contributed by atoms with Gasteiger partial charge < -0.3 is 14.4 Å². The molecule has 1 aromatic rings. The van der Waals surface area contributed by atoms with Crippen molar-refractivity contribution in [3.05, 3.63) is 6.33 Å². The number of nitrogens with zero attached hydrogens (tertiary/aromatic N) is 3. The first kappa shape index (κ1) is 13.8. The molecular formula is C8H11F2N3O3S. The lowest BCUT2D eigenvalue weighted by molar-refractivity contribution is -0.133. The largest absolute Gasteiger partial charge is 0.481 e. The summed E-state index contributed by atoms with van der Waals surface area (Å²) in [6.07, 6.45) is -1.09. The lowest BCUT2D eigenvalue weighted by atomic mass is 10.6. The number of carbonyl (C=O) groups is 1. The van der Waals surface area contributed by atoms with Crippen molar-refractivity contribution in [3.63, 3.8) is 0 Å². The van der Waals surface area contributed by atoms with Crippen molar-refractivity contribution in [3.8, 4) is 0 Å². The number of carboxylic acid groups (broad SMARTS) is 1. The molecule has 0 aromatic carbocycles. The summed E-state index contributed by atoms with van der Waals surface area (Å²) < 4.78 is 29.8. The molecule has 1 heterocycles. The Bertz CT molecular complexity index is 362. The number of carboxylic acids is 1. The van der Waals surface area contributed by atoms with E-state index in [1.165, 1.54) is 6.33 Å². The second-order valence-corrected chi connectivity index (χ2v) is 3.90. The van der Waals surface area contributed by atoms with Crippen LogP contribution in [0.15, 0.2) is 11.5 Å². The molecule has 96 valence electrons. The fourth-order valence-corrected chi connectivity index (χ4v) is 1.63. The van der Waals surface area contributed by atoms with Gasteiger partial charge in [0.1, 0.15) is 12.9 Å². The van der Waals surface area contributed by atoms with Crippen LogP contribution in [-0.2, 0) is 16.1 Å². The van der Waals surface area contributed by atoms with Gasteiger partial charge in [-0.3, -0.25) is 4.79 Å². The van der Waals surface area contributed by atoms with Crippen molar-refractivity contribution < 1.29 is 23.4 Å². The van der Waals surface area contributed by atoms with Gasteiger partial charge in [-0.15, -0.1) is 10.2 Å². The van der Waals surface area contributed by atoms with Crippen LogP contribution in [0.4, 0.5) is 8.78 Å². The Morgan fingerprint density at radius 1 is 1.65 bits per heavy atom. The minimum atomic E-state index is -2.49. The molecule has 0 bridgehead atoms. The lowest BCUT2D eigenvalue weighted by Gasteiger charge is -2.06. The van der Waals surface area contributed by atoms with Crippen LogP contribution in [0.25, 0.3) is 0 Å². The number of thioether (sulfide) groups is 1. The van der Waals surface area contributed by atoms with E-state index in [1.807, 2.05) is 0 Å². The summed E-state index contributed by atoms with van der Waals surface area (Å²) in [6, 6.07) is 0. The SMILES string of the molecule is O=C(O)CSc1nncn1CCOCC(F)F. The Hall–Kier alpha value is -1.22. The second kappa shape index (κ2) is 7.17. The van der Waals surface area contributed by atoms with Gasteiger partial charge in [0.2, 0.25) is 0 Å². The molecule has 0 saturated carbocycles. The molecule has 1 aromatic heterocycles. The molecule has 0 aliphatic carbocycles. The van der Waals surface area contributed by atoms with Crippen LogP contribution in [-0.4, -0.2) is 51.2 Å². The van der Waals surface area contributed by atoms with Crippen molar-refractivity contribution in [2.75, 3.05) is 19.0 Å². The first-order valence-electron chi connectivity index (χ1n) is 4.68. The van der Waals surface area contributed by atoms with Gasteiger partial charge in [-0.1, -0.05) is 11.8 Å². The highest BCUT2D eigenvalue weighted by Gasteiger charge is 2.08. The van der Waals surface area contributed by atoms with E-state index in [9.17, 15) is 13.6 Å². The molecule has 0 aliphatic rings. The van der Waals surface area contributed by atoms with Crippen LogP contribution in [0.2, 0.25) is 0 Å². The predicted octanol–water partition coefficient (Wildman–Crippen LogP) is 0.736. The number of aromatic nitrogens is 3. The summed E-state index contributed by atoms with van der Waals surface area (Å²) >= 11 is 1.01. The van der Waals surface area contributed by atoms with Crippen LogP contribution in [0, 0.1) is 0 Å². The third-order valence-electron chi connectivity index (χ3n) is 1.63. The summed E-state index contributed by atoms with van der Waals surface area (Å²) in [6.45, 7) is -0.204. The molecule has 1 rings (SSSR count). The molecule has 6 nitrogen and oxygen atoms in total.